The number of hydrogen-bond acceptors (Lipinski definition) is 4. The van der Waals surface area contributed by atoms with Gasteiger partial charge >= 0.3 is 6.18 Å². The quantitative estimate of drug-likeness (QED) is 0.834. The van der Waals surface area contributed by atoms with Crippen LogP contribution in [0.4, 0.5) is 18.9 Å². The Morgan fingerprint density at radius 1 is 1.56 bits per heavy atom. The van der Waals surface area contributed by atoms with Crippen molar-refractivity contribution in [2.45, 2.75) is 12.7 Å². The Hall–Kier alpha value is -1.28. The van der Waals surface area contributed by atoms with Crippen molar-refractivity contribution in [3.8, 4) is 0 Å². The van der Waals surface area contributed by atoms with Gasteiger partial charge in [0.1, 0.15) is 11.6 Å². The van der Waals surface area contributed by atoms with Gasteiger partial charge in [0, 0.05) is 13.7 Å². The first-order valence-electron chi connectivity index (χ1n) is 4.90. The molecule has 0 radical (unpaired) electrons. The van der Waals surface area contributed by atoms with Crippen LogP contribution in [0, 0.1) is 0 Å². The molecule has 0 fully saturated rings. The lowest BCUT2D eigenvalue weighted by Crippen LogP contribution is -2.31. The predicted molar refractivity (Wildman–Crippen MR) is 59.9 cm³/mol. The highest BCUT2D eigenvalue weighted by Gasteiger charge is 2.29. The smallest absolute Gasteiger partial charge is 0.383 e. The molecule has 0 bridgehead atoms. The van der Waals surface area contributed by atoms with Gasteiger partial charge in [-0.2, -0.15) is 18.3 Å². The number of ether oxygens (including phenoxy) is 1. The van der Waals surface area contributed by atoms with Gasteiger partial charge in [-0.3, -0.25) is 4.79 Å². The number of rotatable bonds is 5. The van der Waals surface area contributed by atoms with Crippen LogP contribution in [-0.2, 0) is 11.3 Å². The van der Waals surface area contributed by atoms with E-state index in [0.29, 0.717) is 13.2 Å². The minimum absolute atomic E-state index is 0.178. The molecule has 0 saturated heterocycles. The summed E-state index contributed by atoms with van der Waals surface area (Å²) in [5, 5.41) is 5.80. The predicted octanol–water partition coefficient (Wildman–Crippen LogP) is 1.52. The summed E-state index contributed by atoms with van der Waals surface area (Å²) in [5.41, 5.74) is -0.812. The third-order valence-corrected chi connectivity index (χ3v) is 2.30. The molecule has 9 heteroatoms. The maximum atomic E-state index is 12.1. The molecule has 0 aliphatic carbocycles. The molecule has 0 amide bonds. The van der Waals surface area contributed by atoms with Gasteiger partial charge in [0.25, 0.3) is 5.56 Å². The molecule has 0 aliphatic heterocycles. The molecule has 1 heterocycles. The van der Waals surface area contributed by atoms with Crippen LogP contribution in [0.25, 0.3) is 0 Å². The van der Waals surface area contributed by atoms with Crippen LogP contribution in [0.15, 0.2) is 11.0 Å². The van der Waals surface area contributed by atoms with Crippen molar-refractivity contribution in [3.05, 3.63) is 21.6 Å². The average Bonchev–Trinajstić information content (AvgIpc) is 2.27. The maximum absolute atomic E-state index is 12.1. The molecule has 1 aromatic rings. The average molecular weight is 286 g/mol. The van der Waals surface area contributed by atoms with E-state index in [1.807, 2.05) is 0 Å². The maximum Gasteiger partial charge on any atom is 0.408 e. The second-order valence-electron chi connectivity index (χ2n) is 3.37. The molecular formula is C9H11ClF3N3O2. The molecule has 5 nitrogen and oxygen atoms in total. The molecule has 1 rings (SSSR count). The van der Waals surface area contributed by atoms with E-state index in [1.165, 1.54) is 7.11 Å². The summed E-state index contributed by atoms with van der Waals surface area (Å²) in [6.45, 7) is -0.744. The third kappa shape index (κ3) is 4.19. The summed E-state index contributed by atoms with van der Waals surface area (Å²) in [6, 6.07) is 0. The molecule has 18 heavy (non-hydrogen) atoms. The van der Waals surface area contributed by atoms with E-state index in [1.54, 1.807) is 0 Å². The fourth-order valence-corrected chi connectivity index (χ4v) is 1.37. The van der Waals surface area contributed by atoms with Crippen molar-refractivity contribution in [1.29, 1.82) is 0 Å². The highest BCUT2D eigenvalue weighted by molar-refractivity contribution is 6.32. The Labute approximate surface area is 105 Å². The largest absolute Gasteiger partial charge is 0.408 e. The van der Waals surface area contributed by atoms with E-state index in [4.69, 9.17) is 16.3 Å². The van der Waals surface area contributed by atoms with E-state index >= 15 is 0 Å². The lowest BCUT2D eigenvalue weighted by molar-refractivity contribution is -0.143. The van der Waals surface area contributed by atoms with E-state index < -0.39 is 18.3 Å². The minimum Gasteiger partial charge on any atom is -0.383 e. The summed E-state index contributed by atoms with van der Waals surface area (Å²) < 4.78 is 41.4. The SMILES string of the molecule is COCCNc1cnn(CC(F)(F)F)c(=O)c1Cl. The summed E-state index contributed by atoms with van der Waals surface area (Å²) in [6.07, 6.45) is -3.45. The van der Waals surface area contributed by atoms with Gasteiger partial charge < -0.3 is 10.1 Å². The first kappa shape index (κ1) is 14.8. The van der Waals surface area contributed by atoms with E-state index in [-0.39, 0.29) is 15.4 Å². The second-order valence-corrected chi connectivity index (χ2v) is 3.75. The normalized spacial score (nSPS) is 11.6. The number of methoxy groups -OCH3 is 1. The number of nitrogens with zero attached hydrogens (tertiary/aromatic N) is 2. The molecule has 0 spiro atoms. The zero-order valence-corrected chi connectivity index (χ0v) is 10.2. The molecule has 0 unspecified atom stereocenters. The van der Waals surface area contributed by atoms with Crippen molar-refractivity contribution >= 4 is 17.3 Å². The fraction of sp³-hybridized carbons (Fsp3) is 0.556. The Morgan fingerprint density at radius 3 is 2.78 bits per heavy atom. The second kappa shape index (κ2) is 6.05. The van der Waals surface area contributed by atoms with Gasteiger partial charge in [0.05, 0.1) is 18.5 Å². The molecule has 0 aliphatic rings. The Bertz CT molecular complexity index is 461. The number of nitrogens with one attached hydrogen (secondary N) is 1. The summed E-state index contributed by atoms with van der Waals surface area (Å²) >= 11 is 5.66. The van der Waals surface area contributed by atoms with Crippen molar-refractivity contribution in [2.75, 3.05) is 25.6 Å². The zero-order chi connectivity index (χ0) is 13.8. The topological polar surface area (TPSA) is 56.1 Å². The summed E-state index contributed by atoms with van der Waals surface area (Å²) in [7, 11) is 1.49. The number of halogens is 4. The van der Waals surface area contributed by atoms with Crippen LogP contribution in [-0.4, -0.2) is 36.2 Å². The van der Waals surface area contributed by atoms with Crippen LogP contribution in [0.1, 0.15) is 0 Å². The van der Waals surface area contributed by atoms with Crippen molar-refractivity contribution in [2.24, 2.45) is 0 Å². The van der Waals surface area contributed by atoms with Gasteiger partial charge in [-0.25, -0.2) is 4.68 Å². The van der Waals surface area contributed by atoms with Gasteiger partial charge in [0.15, 0.2) is 0 Å². The highest BCUT2D eigenvalue weighted by Crippen LogP contribution is 2.18. The lowest BCUT2D eigenvalue weighted by Gasteiger charge is -2.11. The first-order valence-corrected chi connectivity index (χ1v) is 5.28. The Balaban J connectivity index is 2.88. The van der Waals surface area contributed by atoms with Crippen molar-refractivity contribution in [3.63, 3.8) is 0 Å². The van der Waals surface area contributed by atoms with E-state index in [2.05, 4.69) is 10.4 Å². The summed E-state index contributed by atoms with van der Waals surface area (Å²) in [5.74, 6) is 0. The fourth-order valence-electron chi connectivity index (χ4n) is 1.16. The van der Waals surface area contributed by atoms with Crippen LogP contribution in [0.3, 0.4) is 0 Å². The standard InChI is InChI=1S/C9H11ClF3N3O2/c1-18-3-2-14-6-4-15-16(5-9(11,12)13)8(17)7(6)10/h4,14H,2-3,5H2,1H3. The van der Waals surface area contributed by atoms with E-state index in [9.17, 15) is 18.0 Å². The number of hydrogen-bond donors (Lipinski definition) is 1. The van der Waals surface area contributed by atoms with Crippen LogP contribution in [0.2, 0.25) is 5.02 Å². The molecular weight excluding hydrogens is 275 g/mol. The zero-order valence-electron chi connectivity index (χ0n) is 9.42. The number of aromatic nitrogens is 2. The van der Waals surface area contributed by atoms with Gasteiger partial charge in [0.2, 0.25) is 0 Å². The van der Waals surface area contributed by atoms with Gasteiger partial charge in [-0.05, 0) is 0 Å². The lowest BCUT2D eigenvalue weighted by atomic mass is 10.4. The molecule has 0 aromatic carbocycles. The minimum atomic E-state index is -4.52. The van der Waals surface area contributed by atoms with Crippen molar-refractivity contribution in [1.82, 2.24) is 9.78 Å². The third-order valence-electron chi connectivity index (χ3n) is 1.94. The Morgan fingerprint density at radius 2 is 2.22 bits per heavy atom. The number of alkyl halides is 3. The molecule has 1 N–H and O–H groups in total. The van der Waals surface area contributed by atoms with E-state index in [0.717, 1.165) is 6.20 Å². The summed E-state index contributed by atoms with van der Waals surface area (Å²) in [4.78, 5) is 11.5. The van der Waals surface area contributed by atoms with Crippen LogP contribution in [0.5, 0.6) is 0 Å². The van der Waals surface area contributed by atoms with Gasteiger partial charge in [-0.1, -0.05) is 11.6 Å². The molecule has 0 saturated carbocycles. The molecule has 0 atom stereocenters. The molecule has 102 valence electrons. The first-order chi connectivity index (χ1) is 8.35. The molecule has 1 aromatic heterocycles. The van der Waals surface area contributed by atoms with Gasteiger partial charge in [-0.15, -0.1) is 0 Å². The Kier molecular flexibility index (Phi) is 4.97. The highest BCUT2D eigenvalue weighted by atomic mass is 35.5. The number of anilines is 1. The van der Waals surface area contributed by atoms with Crippen LogP contribution >= 0.6 is 11.6 Å². The van der Waals surface area contributed by atoms with Crippen molar-refractivity contribution < 1.29 is 17.9 Å². The monoisotopic (exact) mass is 285 g/mol. The van der Waals surface area contributed by atoms with Crippen LogP contribution < -0.4 is 10.9 Å².